The van der Waals surface area contributed by atoms with E-state index >= 15 is 0 Å². The lowest BCUT2D eigenvalue weighted by Crippen LogP contribution is -2.14. The second-order valence-corrected chi connectivity index (χ2v) is 7.25. The van der Waals surface area contributed by atoms with Crippen LogP contribution in [0.4, 0.5) is 11.4 Å². The number of nitro groups is 1. The van der Waals surface area contributed by atoms with Crippen molar-refractivity contribution >= 4 is 23.4 Å². The summed E-state index contributed by atoms with van der Waals surface area (Å²) in [5.41, 5.74) is 2.75. The van der Waals surface area contributed by atoms with Crippen molar-refractivity contribution in [1.82, 2.24) is 0 Å². The van der Waals surface area contributed by atoms with Crippen molar-refractivity contribution in [1.29, 1.82) is 5.26 Å². The largest absolute Gasteiger partial charge is 0.497 e. The van der Waals surface area contributed by atoms with Crippen molar-refractivity contribution < 1.29 is 19.2 Å². The fraction of sp³-hybridized carbons (Fsp3) is 0.154. The molecule has 0 atom stereocenters. The van der Waals surface area contributed by atoms with Gasteiger partial charge in [0.05, 0.1) is 12.0 Å². The molecule has 3 rings (SSSR count). The third kappa shape index (κ3) is 5.99. The van der Waals surface area contributed by atoms with Gasteiger partial charge in [-0.15, -0.1) is 0 Å². The fourth-order valence-electron chi connectivity index (χ4n) is 3.21. The summed E-state index contributed by atoms with van der Waals surface area (Å²) in [6, 6.07) is 20.4. The van der Waals surface area contributed by atoms with Crippen molar-refractivity contribution in [2.75, 3.05) is 12.4 Å². The minimum atomic E-state index is -0.527. The Morgan fingerprint density at radius 1 is 1.15 bits per heavy atom. The predicted octanol–water partition coefficient (Wildman–Crippen LogP) is 5.29. The summed E-state index contributed by atoms with van der Waals surface area (Å²) in [6.45, 7) is 2.11. The van der Waals surface area contributed by atoms with E-state index in [1.165, 1.54) is 25.3 Å². The Morgan fingerprint density at radius 2 is 1.88 bits per heavy atom. The van der Waals surface area contributed by atoms with E-state index in [4.69, 9.17) is 9.47 Å². The Balaban J connectivity index is 1.85. The molecule has 0 aliphatic heterocycles. The number of nitriles is 1. The minimum Gasteiger partial charge on any atom is -0.497 e. The summed E-state index contributed by atoms with van der Waals surface area (Å²) in [6.07, 6.45) is 2.19. The Kier molecular flexibility index (Phi) is 7.97. The smallest absolute Gasteiger partial charge is 0.269 e. The van der Waals surface area contributed by atoms with Crippen molar-refractivity contribution in [3.63, 3.8) is 0 Å². The van der Waals surface area contributed by atoms with Crippen molar-refractivity contribution in [2.24, 2.45) is 0 Å². The monoisotopic (exact) mass is 457 g/mol. The molecule has 0 radical (unpaired) electrons. The standard InChI is InChI=1S/C26H23N3O5/c1-3-19-6-4-5-7-24(19)28-26(30)21(16-27)14-20-10-13-23(33-2)15-25(20)34-17-18-8-11-22(12-9-18)29(31)32/h4-15H,3,17H2,1-2H3,(H,28,30)/b21-14+. The van der Waals surface area contributed by atoms with E-state index in [9.17, 15) is 20.2 Å². The number of methoxy groups -OCH3 is 1. The van der Waals surface area contributed by atoms with E-state index in [2.05, 4.69) is 5.32 Å². The van der Waals surface area contributed by atoms with Crippen LogP contribution >= 0.6 is 0 Å². The molecule has 172 valence electrons. The molecule has 0 aliphatic rings. The molecule has 3 aromatic rings. The normalized spacial score (nSPS) is 10.8. The maximum absolute atomic E-state index is 12.8. The van der Waals surface area contributed by atoms with Gasteiger partial charge in [0.25, 0.3) is 11.6 Å². The molecule has 0 spiro atoms. The third-order valence-electron chi connectivity index (χ3n) is 5.07. The molecular weight excluding hydrogens is 434 g/mol. The number of hydrogen-bond donors (Lipinski definition) is 1. The van der Waals surface area contributed by atoms with Crippen LogP contribution in [0.1, 0.15) is 23.6 Å². The number of nitro benzene ring substituents is 1. The molecule has 0 heterocycles. The predicted molar refractivity (Wildman–Crippen MR) is 128 cm³/mol. The number of rotatable bonds is 9. The number of para-hydroxylation sites is 1. The van der Waals surface area contributed by atoms with Gasteiger partial charge in [-0.25, -0.2) is 0 Å². The van der Waals surface area contributed by atoms with Crippen LogP contribution in [0.25, 0.3) is 6.08 Å². The molecule has 8 heteroatoms. The number of nitrogens with zero attached hydrogens (tertiary/aromatic N) is 2. The van der Waals surface area contributed by atoms with E-state index in [-0.39, 0.29) is 17.9 Å². The van der Waals surface area contributed by atoms with Crippen LogP contribution in [0.3, 0.4) is 0 Å². The van der Waals surface area contributed by atoms with Gasteiger partial charge in [0.2, 0.25) is 0 Å². The van der Waals surface area contributed by atoms with Gasteiger partial charge in [0.1, 0.15) is 29.7 Å². The number of hydrogen-bond acceptors (Lipinski definition) is 6. The Labute approximate surface area is 197 Å². The lowest BCUT2D eigenvalue weighted by atomic mass is 10.1. The first-order valence-electron chi connectivity index (χ1n) is 10.5. The van der Waals surface area contributed by atoms with Gasteiger partial charge < -0.3 is 14.8 Å². The van der Waals surface area contributed by atoms with Crippen molar-refractivity contribution in [3.8, 4) is 17.6 Å². The number of aryl methyl sites for hydroxylation is 1. The molecule has 0 unspecified atom stereocenters. The van der Waals surface area contributed by atoms with Gasteiger partial charge in [-0.1, -0.05) is 25.1 Å². The van der Waals surface area contributed by atoms with Gasteiger partial charge in [0, 0.05) is 29.4 Å². The fourth-order valence-corrected chi connectivity index (χ4v) is 3.21. The number of anilines is 1. The average Bonchev–Trinajstić information content (AvgIpc) is 2.86. The second-order valence-electron chi connectivity index (χ2n) is 7.25. The van der Waals surface area contributed by atoms with E-state index in [0.29, 0.717) is 22.7 Å². The van der Waals surface area contributed by atoms with Gasteiger partial charge >= 0.3 is 0 Å². The molecule has 0 fully saturated rings. The van der Waals surface area contributed by atoms with Gasteiger partial charge in [-0.05, 0) is 54.0 Å². The zero-order chi connectivity index (χ0) is 24.5. The number of benzene rings is 3. The Hall–Kier alpha value is -4.64. The van der Waals surface area contributed by atoms with Crippen LogP contribution in [0.15, 0.2) is 72.3 Å². The summed E-state index contributed by atoms with van der Waals surface area (Å²) in [4.78, 5) is 23.2. The molecule has 0 saturated heterocycles. The van der Waals surface area contributed by atoms with E-state index in [1.54, 1.807) is 36.4 Å². The lowest BCUT2D eigenvalue weighted by Gasteiger charge is -2.12. The second kappa shape index (κ2) is 11.3. The van der Waals surface area contributed by atoms with Gasteiger partial charge in [-0.3, -0.25) is 14.9 Å². The number of carbonyl (C=O) groups excluding carboxylic acids is 1. The molecule has 8 nitrogen and oxygen atoms in total. The number of amides is 1. The molecule has 0 aliphatic carbocycles. The molecule has 1 N–H and O–H groups in total. The molecule has 0 aromatic heterocycles. The van der Waals surface area contributed by atoms with Crippen LogP contribution < -0.4 is 14.8 Å². The van der Waals surface area contributed by atoms with Crippen molar-refractivity contribution in [2.45, 2.75) is 20.0 Å². The molecular formula is C26H23N3O5. The first-order valence-corrected chi connectivity index (χ1v) is 10.5. The number of nitrogens with one attached hydrogen (secondary N) is 1. The first-order chi connectivity index (χ1) is 16.4. The van der Waals surface area contributed by atoms with Crippen LogP contribution in [0, 0.1) is 21.4 Å². The number of non-ortho nitro benzene ring substituents is 1. The highest BCUT2D eigenvalue weighted by Gasteiger charge is 2.14. The van der Waals surface area contributed by atoms with E-state index in [0.717, 1.165) is 17.5 Å². The number of ether oxygens (including phenoxy) is 2. The molecule has 34 heavy (non-hydrogen) atoms. The topological polar surface area (TPSA) is 114 Å². The van der Waals surface area contributed by atoms with Crippen LogP contribution in [-0.2, 0) is 17.8 Å². The van der Waals surface area contributed by atoms with Crippen molar-refractivity contribution in [3.05, 3.63) is 99.1 Å². The zero-order valence-electron chi connectivity index (χ0n) is 18.8. The van der Waals surface area contributed by atoms with Crippen LogP contribution in [0.5, 0.6) is 11.5 Å². The van der Waals surface area contributed by atoms with Crippen LogP contribution in [0.2, 0.25) is 0 Å². The summed E-state index contributed by atoms with van der Waals surface area (Å²) >= 11 is 0. The van der Waals surface area contributed by atoms with Crippen LogP contribution in [-0.4, -0.2) is 17.9 Å². The highest BCUT2D eigenvalue weighted by molar-refractivity contribution is 6.10. The van der Waals surface area contributed by atoms with E-state index in [1.807, 2.05) is 31.2 Å². The molecule has 1 amide bonds. The maximum Gasteiger partial charge on any atom is 0.269 e. The Bertz CT molecular complexity index is 1260. The van der Waals surface area contributed by atoms with E-state index < -0.39 is 10.8 Å². The molecule has 0 bridgehead atoms. The first kappa shape index (κ1) is 24.0. The Morgan fingerprint density at radius 3 is 2.53 bits per heavy atom. The maximum atomic E-state index is 12.8. The third-order valence-corrected chi connectivity index (χ3v) is 5.07. The number of carbonyl (C=O) groups is 1. The summed E-state index contributed by atoms with van der Waals surface area (Å²) in [5.74, 6) is 0.406. The summed E-state index contributed by atoms with van der Waals surface area (Å²) in [5, 5.41) is 23.3. The van der Waals surface area contributed by atoms with Gasteiger partial charge in [0.15, 0.2) is 0 Å². The average molecular weight is 457 g/mol. The minimum absolute atomic E-state index is 0.0110. The summed E-state index contributed by atoms with van der Waals surface area (Å²) in [7, 11) is 1.52. The lowest BCUT2D eigenvalue weighted by molar-refractivity contribution is -0.384. The molecule has 3 aromatic carbocycles. The SMILES string of the molecule is CCc1ccccc1NC(=O)/C(C#N)=C/c1ccc(OC)cc1OCc1ccc([N+](=O)[O-])cc1. The molecule has 0 saturated carbocycles. The quantitative estimate of drug-likeness (QED) is 0.202. The summed E-state index contributed by atoms with van der Waals surface area (Å²) < 4.78 is 11.2. The highest BCUT2D eigenvalue weighted by atomic mass is 16.6. The van der Waals surface area contributed by atoms with Gasteiger partial charge in [-0.2, -0.15) is 5.26 Å². The zero-order valence-corrected chi connectivity index (χ0v) is 18.8. The highest BCUT2D eigenvalue weighted by Crippen LogP contribution is 2.28.